The Bertz CT molecular complexity index is 697. The topological polar surface area (TPSA) is 74.6 Å². The number of halogens is 1. The molecule has 0 aliphatic rings. The SMILES string of the molecule is CNCCN(C)C(=O)Cc1ccc(NC(=O)c2ccc(Br)o2)cc1. The Labute approximate surface area is 149 Å². The van der Waals surface area contributed by atoms with Gasteiger partial charge in [0, 0.05) is 25.8 Å². The molecule has 2 amide bonds. The van der Waals surface area contributed by atoms with Crippen molar-refractivity contribution >= 4 is 33.4 Å². The van der Waals surface area contributed by atoms with Crippen LogP contribution in [0.1, 0.15) is 16.1 Å². The van der Waals surface area contributed by atoms with Crippen molar-refractivity contribution in [1.29, 1.82) is 0 Å². The lowest BCUT2D eigenvalue weighted by Crippen LogP contribution is -2.33. The molecule has 2 aromatic rings. The van der Waals surface area contributed by atoms with E-state index >= 15 is 0 Å². The van der Waals surface area contributed by atoms with Crippen molar-refractivity contribution < 1.29 is 14.0 Å². The number of nitrogens with one attached hydrogen (secondary N) is 2. The van der Waals surface area contributed by atoms with Gasteiger partial charge in [0.25, 0.3) is 5.91 Å². The van der Waals surface area contributed by atoms with Crippen LogP contribution in [-0.2, 0) is 11.2 Å². The number of carbonyl (C=O) groups excluding carboxylic acids is 2. The van der Waals surface area contributed by atoms with Crippen molar-refractivity contribution in [3.63, 3.8) is 0 Å². The molecule has 2 rings (SSSR count). The maximum absolute atomic E-state index is 12.1. The summed E-state index contributed by atoms with van der Waals surface area (Å²) in [6, 6.07) is 10.5. The minimum Gasteiger partial charge on any atom is -0.444 e. The van der Waals surface area contributed by atoms with Crippen LogP contribution in [0.4, 0.5) is 5.69 Å². The zero-order chi connectivity index (χ0) is 17.5. The summed E-state index contributed by atoms with van der Waals surface area (Å²) in [4.78, 5) is 25.8. The number of carbonyl (C=O) groups is 2. The fourth-order valence-electron chi connectivity index (χ4n) is 2.05. The number of hydrogen-bond acceptors (Lipinski definition) is 4. The molecule has 7 heteroatoms. The number of anilines is 1. The quantitative estimate of drug-likeness (QED) is 0.757. The normalized spacial score (nSPS) is 10.5. The molecule has 0 saturated heterocycles. The molecule has 128 valence electrons. The fraction of sp³-hybridized carbons (Fsp3) is 0.294. The number of benzene rings is 1. The predicted octanol–water partition coefficient (Wildman–Crippen LogP) is 2.51. The minimum absolute atomic E-state index is 0.0578. The van der Waals surface area contributed by atoms with E-state index < -0.39 is 0 Å². The molecule has 0 radical (unpaired) electrons. The van der Waals surface area contributed by atoms with Crippen LogP contribution in [0.3, 0.4) is 0 Å². The number of hydrogen-bond donors (Lipinski definition) is 2. The van der Waals surface area contributed by atoms with Gasteiger partial charge in [-0.05, 0) is 52.8 Å². The van der Waals surface area contributed by atoms with Crippen LogP contribution in [0.2, 0.25) is 0 Å². The highest BCUT2D eigenvalue weighted by atomic mass is 79.9. The summed E-state index contributed by atoms with van der Waals surface area (Å²) in [5, 5.41) is 5.76. The number of furan rings is 1. The third-order valence-electron chi connectivity index (χ3n) is 3.49. The van der Waals surface area contributed by atoms with E-state index in [-0.39, 0.29) is 17.6 Å². The van der Waals surface area contributed by atoms with Crippen LogP contribution < -0.4 is 10.6 Å². The fourth-order valence-corrected chi connectivity index (χ4v) is 2.36. The van der Waals surface area contributed by atoms with Gasteiger partial charge in [0.1, 0.15) is 0 Å². The average molecular weight is 394 g/mol. The van der Waals surface area contributed by atoms with Gasteiger partial charge in [-0.25, -0.2) is 0 Å². The Morgan fingerprint density at radius 1 is 1.17 bits per heavy atom. The van der Waals surface area contributed by atoms with Crippen molar-refractivity contribution in [2.24, 2.45) is 0 Å². The lowest BCUT2D eigenvalue weighted by Gasteiger charge is -2.17. The molecule has 0 saturated carbocycles. The maximum atomic E-state index is 12.1. The van der Waals surface area contributed by atoms with Crippen molar-refractivity contribution in [3.8, 4) is 0 Å². The van der Waals surface area contributed by atoms with Gasteiger partial charge in [0.15, 0.2) is 10.4 Å². The molecule has 0 atom stereocenters. The molecule has 1 heterocycles. The Morgan fingerprint density at radius 2 is 1.88 bits per heavy atom. The van der Waals surface area contributed by atoms with Crippen LogP contribution in [0.15, 0.2) is 45.5 Å². The van der Waals surface area contributed by atoms with Crippen LogP contribution in [0, 0.1) is 0 Å². The second-order valence-corrected chi connectivity index (χ2v) is 6.13. The first-order chi connectivity index (χ1) is 11.5. The van der Waals surface area contributed by atoms with E-state index in [0.717, 1.165) is 12.1 Å². The van der Waals surface area contributed by atoms with E-state index in [2.05, 4.69) is 26.6 Å². The first kappa shape index (κ1) is 18.2. The zero-order valence-electron chi connectivity index (χ0n) is 13.6. The third-order valence-corrected chi connectivity index (χ3v) is 3.91. The molecule has 0 bridgehead atoms. The van der Waals surface area contributed by atoms with Gasteiger partial charge in [0.05, 0.1) is 6.42 Å². The lowest BCUT2D eigenvalue weighted by molar-refractivity contribution is -0.129. The summed E-state index contributed by atoms with van der Waals surface area (Å²) in [5.41, 5.74) is 1.54. The second-order valence-electron chi connectivity index (χ2n) is 5.35. The smallest absolute Gasteiger partial charge is 0.291 e. The molecular weight excluding hydrogens is 374 g/mol. The summed E-state index contributed by atoms with van der Waals surface area (Å²) >= 11 is 3.16. The molecule has 0 fully saturated rings. The molecule has 0 spiro atoms. The first-order valence-corrected chi connectivity index (χ1v) is 8.33. The van der Waals surface area contributed by atoms with Crippen molar-refractivity contribution in [2.75, 3.05) is 32.5 Å². The van der Waals surface area contributed by atoms with Crippen molar-refractivity contribution in [3.05, 3.63) is 52.4 Å². The van der Waals surface area contributed by atoms with E-state index in [1.54, 1.807) is 36.2 Å². The standard InChI is InChI=1S/C17H20BrN3O3/c1-19-9-10-21(2)16(22)11-12-3-5-13(6-4-12)20-17(23)14-7-8-15(18)24-14/h3-8,19H,9-11H2,1-2H3,(H,20,23). The van der Waals surface area contributed by atoms with E-state index in [9.17, 15) is 9.59 Å². The molecule has 2 N–H and O–H groups in total. The Hall–Kier alpha value is -2.12. The molecule has 0 aliphatic heterocycles. The van der Waals surface area contributed by atoms with E-state index in [0.29, 0.717) is 23.3 Å². The summed E-state index contributed by atoms with van der Waals surface area (Å²) in [6.07, 6.45) is 0.333. The monoisotopic (exact) mass is 393 g/mol. The van der Waals surface area contributed by atoms with E-state index in [1.807, 2.05) is 19.2 Å². The van der Waals surface area contributed by atoms with Gasteiger partial charge in [-0.3, -0.25) is 9.59 Å². The molecular formula is C17H20BrN3O3. The van der Waals surface area contributed by atoms with Crippen molar-refractivity contribution in [2.45, 2.75) is 6.42 Å². The molecule has 6 nitrogen and oxygen atoms in total. The van der Waals surface area contributed by atoms with Gasteiger partial charge in [-0.1, -0.05) is 12.1 Å². The van der Waals surface area contributed by atoms with Gasteiger partial charge >= 0.3 is 0 Å². The van der Waals surface area contributed by atoms with E-state index in [4.69, 9.17) is 4.42 Å². The Balaban J connectivity index is 1.90. The van der Waals surface area contributed by atoms with Crippen LogP contribution in [0.25, 0.3) is 0 Å². The highest BCUT2D eigenvalue weighted by molar-refractivity contribution is 9.10. The summed E-state index contributed by atoms with van der Waals surface area (Å²) < 4.78 is 5.71. The number of likely N-dealkylation sites (N-methyl/N-ethyl adjacent to an activating group) is 2. The van der Waals surface area contributed by atoms with Gasteiger partial charge in [-0.2, -0.15) is 0 Å². The van der Waals surface area contributed by atoms with Gasteiger partial charge in [0.2, 0.25) is 5.91 Å². The van der Waals surface area contributed by atoms with Crippen LogP contribution in [-0.4, -0.2) is 43.9 Å². The lowest BCUT2D eigenvalue weighted by atomic mass is 10.1. The first-order valence-electron chi connectivity index (χ1n) is 7.54. The number of amides is 2. The predicted molar refractivity (Wildman–Crippen MR) is 96.1 cm³/mol. The summed E-state index contributed by atoms with van der Waals surface area (Å²) in [5.74, 6) is -0.0360. The summed E-state index contributed by atoms with van der Waals surface area (Å²) in [7, 11) is 3.64. The highest BCUT2D eigenvalue weighted by Gasteiger charge is 2.12. The van der Waals surface area contributed by atoms with Gasteiger partial charge in [-0.15, -0.1) is 0 Å². The van der Waals surface area contributed by atoms with E-state index in [1.165, 1.54) is 0 Å². The zero-order valence-corrected chi connectivity index (χ0v) is 15.2. The molecule has 1 aromatic carbocycles. The maximum Gasteiger partial charge on any atom is 0.291 e. The average Bonchev–Trinajstić information content (AvgIpc) is 3.01. The number of rotatable bonds is 7. The minimum atomic E-state index is -0.323. The third kappa shape index (κ3) is 5.21. The summed E-state index contributed by atoms with van der Waals surface area (Å²) in [6.45, 7) is 1.43. The van der Waals surface area contributed by atoms with Crippen LogP contribution >= 0.6 is 15.9 Å². The second kappa shape index (κ2) is 8.65. The molecule has 0 unspecified atom stereocenters. The molecule has 1 aromatic heterocycles. The largest absolute Gasteiger partial charge is 0.444 e. The Kier molecular flexibility index (Phi) is 6.57. The highest BCUT2D eigenvalue weighted by Crippen LogP contribution is 2.16. The van der Waals surface area contributed by atoms with Crippen molar-refractivity contribution in [1.82, 2.24) is 10.2 Å². The Morgan fingerprint density at radius 3 is 2.46 bits per heavy atom. The number of nitrogens with zero attached hydrogens (tertiary/aromatic N) is 1. The molecule has 24 heavy (non-hydrogen) atoms. The van der Waals surface area contributed by atoms with Gasteiger partial charge < -0.3 is 20.0 Å². The molecule has 0 aliphatic carbocycles. The van der Waals surface area contributed by atoms with Crippen LogP contribution in [0.5, 0.6) is 0 Å².